The Bertz CT molecular complexity index is 1040. The van der Waals surface area contributed by atoms with Crippen LogP contribution in [0.25, 0.3) is 0 Å². The maximum absolute atomic E-state index is 13.9. The summed E-state index contributed by atoms with van der Waals surface area (Å²) in [7, 11) is 0. The molecule has 8 heteroatoms. The average Bonchev–Trinajstić information content (AvgIpc) is 3.57. The Morgan fingerprint density at radius 1 is 1.16 bits per heavy atom. The summed E-state index contributed by atoms with van der Waals surface area (Å²) in [6.07, 6.45) is 7.16. The number of carbonyl (C=O) groups is 3. The van der Waals surface area contributed by atoms with Crippen LogP contribution >= 0.6 is 22.9 Å². The molecule has 1 saturated carbocycles. The molecule has 1 aliphatic carbocycles. The lowest BCUT2D eigenvalue weighted by molar-refractivity contribution is -0.145. The van der Waals surface area contributed by atoms with Gasteiger partial charge in [0.05, 0.1) is 11.5 Å². The van der Waals surface area contributed by atoms with E-state index in [-0.39, 0.29) is 42.6 Å². The van der Waals surface area contributed by atoms with Gasteiger partial charge in [0.25, 0.3) is 0 Å². The zero-order chi connectivity index (χ0) is 22.3. The largest absolute Gasteiger partial charge is 0.333 e. The van der Waals surface area contributed by atoms with Gasteiger partial charge in [0.2, 0.25) is 17.7 Å². The van der Waals surface area contributed by atoms with Gasteiger partial charge in [-0.2, -0.15) is 0 Å². The quantitative estimate of drug-likeness (QED) is 0.602. The molecule has 32 heavy (non-hydrogen) atoms. The number of aromatic nitrogens is 1. The van der Waals surface area contributed by atoms with Gasteiger partial charge in [-0.1, -0.05) is 42.6 Å². The first kappa shape index (κ1) is 21.6. The Kier molecular flexibility index (Phi) is 5.80. The molecule has 0 radical (unpaired) electrons. The van der Waals surface area contributed by atoms with E-state index in [9.17, 15) is 14.4 Å². The third-order valence-corrected chi connectivity index (χ3v) is 8.40. The highest BCUT2D eigenvalue weighted by Gasteiger charge is 2.57. The molecule has 0 spiro atoms. The molecule has 1 aromatic carbocycles. The van der Waals surface area contributed by atoms with Crippen LogP contribution in [0.2, 0.25) is 5.02 Å². The van der Waals surface area contributed by atoms with Gasteiger partial charge < -0.3 is 4.90 Å². The maximum atomic E-state index is 13.9. The van der Waals surface area contributed by atoms with Crippen LogP contribution in [0.1, 0.15) is 68.0 Å². The second-order valence-electron chi connectivity index (χ2n) is 9.04. The first-order valence-electron chi connectivity index (χ1n) is 11.3. The number of amides is 3. The zero-order valence-electron chi connectivity index (χ0n) is 17.8. The van der Waals surface area contributed by atoms with E-state index in [2.05, 4.69) is 4.98 Å². The van der Waals surface area contributed by atoms with Crippen molar-refractivity contribution in [3.8, 4) is 0 Å². The Morgan fingerprint density at radius 2 is 1.94 bits per heavy atom. The monoisotopic (exact) mass is 471 g/mol. The third-order valence-electron chi connectivity index (χ3n) is 7.19. The molecule has 3 heterocycles. The Labute approximate surface area is 196 Å². The average molecular weight is 472 g/mol. The first-order chi connectivity index (χ1) is 15.5. The van der Waals surface area contributed by atoms with Gasteiger partial charge in [-0.15, -0.1) is 11.3 Å². The van der Waals surface area contributed by atoms with Crippen molar-refractivity contribution in [3.05, 3.63) is 51.4 Å². The van der Waals surface area contributed by atoms with Crippen LogP contribution in [-0.2, 0) is 19.8 Å². The van der Waals surface area contributed by atoms with E-state index in [0.717, 1.165) is 43.5 Å². The molecule has 3 amide bonds. The van der Waals surface area contributed by atoms with Gasteiger partial charge in [-0.3, -0.25) is 19.3 Å². The maximum Gasteiger partial charge on any atom is 0.241 e. The highest BCUT2D eigenvalue weighted by atomic mass is 35.5. The van der Waals surface area contributed by atoms with E-state index in [1.165, 1.54) is 4.90 Å². The van der Waals surface area contributed by atoms with Crippen molar-refractivity contribution in [3.63, 3.8) is 0 Å². The standard InChI is InChI=1S/C24H26ClN3O3S/c25-18-9-4-3-8-17(18)24(15-21(30)28(23(24)31)16-6-1-2-7-16)14-20(29)27-12-5-10-19(27)22-26-11-13-32-22/h3-4,8-9,11,13,16,19H,1-2,5-7,10,12,14-15H2/t19-,24-/m1/s1. The van der Waals surface area contributed by atoms with Crippen molar-refractivity contribution in [2.45, 2.75) is 68.9 Å². The van der Waals surface area contributed by atoms with Crippen LogP contribution in [-0.4, -0.2) is 45.1 Å². The predicted octanol–water partition coefficient (Wildman–Crippen LogP) is 4.49. The molecule has 0 unspecified atom stereocenters. The number of imide groups is 1. The van der Waals surface area contributed by atoms with Crippen molar-refractivity contribution in [1.29, 1.82) is 0 Å². The number of likely N-dealkylation sites (tertiary alicyclic amines) is 2. The van der Waals surface area contributed by atoms with E-state index in [1.54, 1.807) is 35.7 Å². The van der Waals surface area contributed by atoms with Gasteiger partial charge in [-0.05, 0) is 37.3 Å². The molecule has 2 aliphatic heterocycles. The lowest BCUT2D eigenvalue weighted by atomic mass is 9.75. The molecule has 2 aromatic rings. The molecule has 3 aliphatic rings. The van der Waals surface area contributed by atoms with E-state index in [4.69, 9.17) is 11.6 Å². The topological polar surface area (TPSA) is 70.6 Å². The van der Waals surface area contributed by atoms with Crippen LogP contribution in [0.5, 0.6) is 0 Å². The van der Waals surface area contributed by atoms with Crippen molar-refractivity contribution in [1.82, 2.24) is 14.8 Å². The smallest absolute Gasteiger partial charge is 0.241 e. The summed E-state index contributed by atoms with van der Waals surface area (Å²) in [6, 6.07) is 7.01. The molecule has 168 valence electrons. The van der Waals surface area contributed by atoms with Crippen LogP contribution in [0.3, 0.4) is 0 Å². The minimum Gasteiger partial charge on any atom is -0.333 e. The number of thiazole rings is 1. The molecule has 0 N–H and O–H groups in total. The van der Waals surface area contributed by atoms with Crippen molar-refractivity contribution in [2.75, 3.05) is 6.54 Å². The number of rotatable bonds is 5. The molecule has 1 aromatic heterocycles. The molecule has 3 fully saturated rings. The molecule has 6 nitrogen and oxygen atoms in total. The van der Waals surface area contributed by atoms with Crippen molar-refractivity contribution >= 4 is 40.7 Å². The number of benzene rings is 1. The fourth-order valence-corrected chi connectivity index (χ4v) is 6.77. The minimum atomic E-state index is -1.24. The minimum absolute atomic E-state index is 0.00638. The van der Waals surface area contributed by atoms with E-state index in [1.807, 2.05) is 16.3 Å². The summed E-state index contributed by atoms with van der Waals surface area (Å²) >= 11 is 8.10. The fourth-order valence-electron chi connectivity index (χ4n) is 5.67. The molecule has 0 bridgehead atoms. The lowest BCUT2D eigenvalue weighted by Crippen LogP contribution is -2.46. The highest BCUT2D eigenvalue weighted by molar-refractivity contribution is 7.09. The zero-order valence-corrected chi connectivity index (χ0v) is 19.4. The van der Waals surface area contributed by atoms with Gasteiger partial charge in [0, 0.05) is 42.0 Å². The summed E-state index contributed by atoms with van der Waals surface area (Å²) in [6.45, 7) is 0.635. The second kappa shape index (κ2) is 8.60. The van der Waals surface area contributed by atoms with Crippen molar-refractivity contribution in [2.24, 2.45) is 0 Å². The first-order valence-corrected chi connectivity index (χ1v) is 12.6. The predicted molar refractivity (Wildman–Crippen MR) is 122 cm³/mol. The van der Waals surface area contributed by atoms with E-state index in [0.29, 0.717) is 17.1 Å². The number of carbonyl (C=O) groups excluding carboxylic acids is 3. The van der Waals surface area contributed by atoms with E-state index < -0.39 is 5.41 Å². The van der Waals surface area contributed by atoms with Gasteiger partial charge in [-0.25, -0.2) is 4.98 Å². The number of nitrogens with zero attached hydrogens (tertiary/aromatic N) is 3. The van der Waals surface area contributed by atoms with Crippen LogP contribution in [0, 0.1) is 0 Å². The van der Waals surface area contributed by atoms with Crippen LogP contribution in [0.15, 0.2) is 35.8 Å². The fraction of sp³-hybridized carbons (Fsp3) is 0.500. The Morgan fingerprint density at radius 3 is 2.66 bits per heavy atom. The van der Waals surface area contributed by atoms with Crippen LogP contribution in [0.4, 0.5) is 0 Å². The van der Waals surface area contributed by atoms with Crippen LogP contribution < -0.4 is 0 Å². The third kappa shape index (κ3) is 3.55. The summed E-state index contributed by atoms with van der Waals surface area (Å²) in [4.78, 5) is 48.4. The molecule has 5 rings (SSSR count). The summed E-state index contributed by atoms with van der Waals surface area (Å²) in [5, 5.41) is 3.26. The Hall–Kier alpha value is -2.25. The second-order valence-corrected chi connectivity index (χ2v) is 10.4. The van der Waals surface area contributed by atoms with Gasteiger partial charge in [0.1, 0.15) is 5.01 Å². The number of halogens is 1. The van der Waals surface area contributed by atoms with Gasteiger partial charge in [0.15, 0.2) is 0 Å². The molecule has 2 saturated heterocycles. The SMILES string of the molecule is O=C1C[C@](CC(=O)N2CCC[C@@H]2c2nccs2)(c2ccccc2Cl)C(=O)N1C1CCCC1. The van der Waals surface area contributed by atoms with E-state index >= 15 is 0 Å². The summed E-state index contributed by atoms with van der Waals surface area (Å²) in [5.74, 6) is -0.564. The normalized spacial score (nSPS) is 26.5. The summed E-state index contributed by atoms with van der Waals surface area (Å²) in [5.41, 5.74) is -0.663. The van der Waals surface area contributed by atoms with Crippen molar-refractivity contribution < 1.29 is 14.4 Å². The molecule has 2 atom stereocenters. The number of hydrogen-bond donors (Lipinski definition) is 0. The lowest BCUT2D eigenvalue weighted by Gasteiger charge is -2.32. The molecular weight excluding hydrogens is 446 g/mol. The highest BCUT2D eigenvalue weighted by Crippen LogP contribution is 2.46. The Balaban J connectivity index is 1.50. The number of hydrogen-bond acceptors (Lipinski definition) is 5. The molecular formula is C24H26ClN3O3S. The summed E-state index contributed by atoms with van der Waals surface area (Å²) < 4.78 is 0. The van der Waals surface area contributed by atoms with Gasteiger partial charge >= 0.3 is 0 Å².